The van der Waals surface area contributed by atoms with E-state index in [1.165, 1.54) is 0 Å². The second kappa shape index (κ2) is 10.9. The van der Waals surface area contributed by atoms with Crippen LogP contribution in [0.15, 0.2) is 0 Å². The number of hydrogen-bond acceptors (Lipinski definition) is 5. The highest BCUT2D eigenvalue weighted by Gasteiger charge is 2.34. The molecule has 0 saturated heterocycles. The van der Waals surface area contributed by atoms with Gasteiger partial charge >= 0.3 is 6.03 Å². The first-order chi connectivity index (χ1) is 5.97. The van der Waals surface area contributed by atoms with Crippen molar-refractivity contribution in [1.29, 1.82) is 0 Å². The largest absolute Gasteiger partial charge is 0.361 e. The third-order valence-corrected chi connectivity index (χ3v) is 3.60. The van der Waals surface area contributed by atoms with Gasteiger partial charge in [-0.1, -0.05) is 0 Å². The van der Waals surface area contributed by atoms with Gasteiger partial charge in [0.1, 0.15) is 7.26 Å². The predicted octanol–water partition coefficient (Wildman–Crippen LogP) is -1.75. The molecule has 7 nitrogen and oxygen atoms in total. The number of rotatable bonds is 4. The summed E-state index contributed by atoms with van der Waals surface area (Å²) >= 11 is 0. The maximum atomic E-state index is 9.00. The Bertz CT molecular complexity index is 125. The van der Waals surface area contributed by atoms with E-state index in [1.54, 1.807) is 0 Å². The van der Waals surface area contributed by atoms with Crippen LogP contribution in [0.1, 0.15) is 0 Å². The molecule has 9 heteroatoms. The first kappa shape index (κ1) is 19.4. The summed E-state index contributed by atoms with van der Waals surface area (Å²) in [6.45, 7) is 0. The molecule has 0 rings (SSSR count). The van der Waals surface area contributed by atoms with Crippen LogP contribution in [0.5, 0.6) is 0 Å². The molecule has 0 saturated carbocycles. The number of aliphatic hydroxyl groups excluding tert-OH is 4. The minimum atomic E-state index is -2.20. The molecule has 0 bridgehead atoms. The van der Waals surface area contributed by atoms with Crippen molar-refractivity contribution in [2.75, 3.05) is 25.4 Å². The van der Waals surface area contributed by atoms with E-state index in [4.69, 9.17) is 25.2 Å². The van der Waals surface area contributed by atoms with Crippen LogP contribution < -0.4 is 11.5 Å². The van der Waals surface area contributed by atoms with Crippen molar-refractivity contribution in [3.05, 3.63) is 0 Å². The highest BCUT2D eigenvalue weighted by molar-refractivity contribution is 7.75. The van der Waals surface area contributed by atoms with Crippen LogP contribution in [0.4, 0.5) is 4.79 Å². The van der Waals surface area contributed by atoms with Gasteiger partial charge in [0.2, 0.25) is 0 Å². The van der Waals surface area contributed by atoms with E-state index < -0.39 is 13.3 Å². The van der Waals surface area contributed by atoms with Gasteiger partial charge in [0.25, 0.3) is 0 Å². The smallest absolute Gasteiger partial charge is 0.309 e. The Morgan fingerprint density at radius 1 is 0.929 bits per heavy atom. The Labute approximate surface area is 88.5 Å². The minimum Gasteiger partial charge on any atom is -0.361 e. The molecule has 0 unspecified atom stereocenters. The summed E-state index contributed by atoms with van der Waals surface area (Å²) in [7, 11) is -2.20. The average molecular weight is 252 g/mol. The minimum absolute atomic E-state index is 0. The second-order valence-electron chi connectivity index (χ2n) is 2.31. The zero-order chi connectivity index (χ0) is 10.9. The fraction of sp³-hybridized carbons (Fsp3) is 0.800. The summed E-state index contributed by atoms with van der Waals surface area (Å²) in [4.78, 5) is 9.00. The first-order valence-corrected chi connectivity index (χ1v) is 5.84. The molecule has 0 atom stereocenters. The van der Waals surface area contributed by atoms with E-state index in [-0.39, 0.29) is 37.8 Å². The van der Waals surface area contributed by atoms with E-state index in [0.717, 1.165) is 0 Å². The first-order valence-electron chi connectivity index (χ1n) is 3.31. The number of urea groups is 1. The Morgan fingerprint density at radius 2 is 1.07 bits per heavy atom. The van der Waals surface area contributed by atoms with E-state index >= 15 is 0 Å². The van der Waals surface area contributed by atoms with Crippen molar-refractivity contribution < 1.29 is 25.2 Å². The van der Waals surface area contributed by atoms with Crippen LogP contribution in [-0.2, 0) is 0 Å². The van der Waals surface area contributed by atoms with Crippen molar-refractivity contribution in [2.45, 2.75) is 0 Å². The molecule has 0 spiro atoms. The number of halogens is 1. The van der Waals surface area contributed by atoms with Crippen molar-refractivity contribution in [3.8, 4) is 0 Å². The highest BCUT2D eigenvalue weighted by atomic mass is 35.5. The summed E-state index contributed by atoms with van der Waals surface area (Å²) < 4.78 is 0. The summed E-state index contributed by atoms with van der Waals surface area (Å²) in [6, 6.07) is -0.833. The monoisotopic (exact) mass is 251 g/mol. The Balaban J connectivity index is -0.000000209. The molecule has 0 aliphatic carbocycles. The van der Waals surface area contributed by atoms with E-state index in [2.05, 4.69) is 11.5 Å². The van der Waals surface area contributed by atoms with Gasteiger partial charge < -0.3 is 31.9 Å². The molecule has 0 aromatic heterocycles. The molecular formula is C5H17ClN2O5P+. The molecule has 0 heterocycles. The molecule has 0 radical (unpaired) electrons. The fourth-order valence-electron chi connectivity index (χ4n) is 0.268. The zero-order valence-corrected chi connectivity index (χ0v) is 9.25. The quantitative estimate of drug-likeness (QED) is 0.328. The van der Waals surface area contributed by atoms with Gasteiger partial charge in [-0.2, -0.15) is 0 Å². The van der Waals surface area contributed by atoms with E-state index in [9.17, 15) is 0 Å². The molecule has 0 fully saturated rings. The summed E-state index contributed by atoms with van der Waals surface area (Å²) in [5.41, 5.74) is 8.50. The summed E-state index contributed by atoms with van der Waals surface area (Å²) in [5, 5.41) is 34.2. The maximum absolute atomic E-state index is 9.00. The normalized spacial score (nSPS) is 9.43. The van der Waals surface area contributed by atoms with Gasteiger partial charge in [-0.3, -0.25) is 0 Å². The summed E-state index contributed by atoms with van der Waals surface area (Å²) in [5.74, 6) is 0. The van der Waals surface area contributed by atoms with Crippen molar-refractivity contribution in [1.82, 2.24) is 0 Å². The Hall–Kier alpha value is -0.170. The predicted molar refractivity (Wildman–Crippen MR) is 56.3 cm³/mol. The molecular weight excluding hydrogens is 234 g/mol. The second-order valence-corrected chi connectivity index (χ2v) is 6.12. The van der Waals surface area contributed by atoms with Crippen LogP contribution in [0.3, 0.4) is 0 Å². The van der Waals surface area contributed by atoms with E-state index in [0.29, 0.717) is 0 Å². The SMILES string of the molecule is Cl.NC(N)=O.OC[P+](CO)(CO)CO. The van der Waals surface area contributed by atoms with Crippen molar-refractivity contribution >= 4 is 25.7 Å². The van der Waals surface area contributed by atoms with Crippen LogP contribution in [0.2, 0.25) is 0 Å². The third kappa shape index (κ3) is 9.91. The molecule has 14 heavy (non-hydrogen) atoms. The molecule has 0 aliphatic heterocycles. The summed E-state index contributed by atoms with van der Waals surface area (Å²) in [6.07, 6.45) is -1.18. The Kier molecular flexibility index (Phi) is 15.1. The maximum Gasteiger partial charge on any atom is 0.309 e. The van der Waals surface area contributed by atoms with Crippen LogP contribution in [0, 0.1) is 0 Å². The number of nitrogens with two attached hydrogens (primary N) is 2. The fourth-order valence-corrected chi connectivity index (χ4v) is 0.805. The van der Waals surface area contributed by atoms with Crippen molar-refractivity contribution in [2.24, 2.45) is 11.5 Å². The van der Waals surface area contributed by atoms with Crippen LogP contribution >= 0.6 is 19.7 Å². The van der Waals surface area contributed by atoms with Gasteiger partial charge in [0.05, 0.1) is 0 Å². The molecule has 0 aromatic carbocycles. The number of aliphatic hydroxyl groups is 4. The number of amides is 2. The number of carbonyl (C=O) groups excluding carboxylic acids is 1. The zero-order valence-electron chi connectivity index (χ0n) is 7.54. The van der Waals surface area contributed by atoms with Crippen molar-refractivity contribution in [3.63, 3.8) is 0 Å². The molecule has 2 amide bonds. The van der Waals surface area contributed by atoms with Gasteiger partial charge in [0, 0.05) is 0 Å². The topological polar surface area (TPSA) is 150 Å². The molecule has 88 valence electrons. The number of hydrogen-bond donors (Lipinski definition) is 6. The Morgan fingerprint density at radius 3 is 1.07 bits per heavy atom. The highest BCUT2D eigenvalue weighted by Crippen LogP contribution is 2.54. The molecule has 0 aromatic rings. The molecule has 0 aliphatic rings. The average Bonchev–Trinajstić information content (AvgIpc) is 2.09. The lowest BCUT2D eigenvalue weighted by atomic mass is 11.2. The third-order valence-electron chi connectivity index (χ3n) is 1.20. The standard InChI is InChI=1S/C4H12O4P.CH4N2O.ClH/c5-1-9(2-6,3-7)4-8;2-1(3)4;/h5-8H,1-4H2;(H4,2,3,4);1H/q+1;;. The van der Waals surface area contributed by atoms with E-state index in [1.807, 2.05) is 0 Å². The van der Waals surface area contributed by atoms with Gasteiger partial charge in [-0.25, -0.2) is 4.79 Å². The lowest BCUT2D eigenvalue weighted by molar-refractivity contribution is 0.256. The lowest BCUT2D eigenvalue weighted by Crippen LogP contribution is -2.18. The number of primary amides is 2. The lowest BCUT2D eigenvalue weighted by Gasteiger charge is -2.15. The van der Waals surface area contributed by atoms with Gasteiger partial charge in [-0.15, -0.1) is 12.4 Å². The van der Waals surface area contributed by atoms with Crippen LogP contribution in [-0.4, -0.2) is 51.8 Å². The van der Waals surface area contributed by atoms with Gasteiger partial charge in [0.15, 0.2) is 25.4 Å². The van der Waals surface area contributed by atoms with Crippen LogP contribution in [0.25, 0.3) is 0 Å². The molecule has 8 N–H and O–H groups in total. The number of carbonyl (C=O) groups is 1. The van der Waals surface area contributed by atoms with Gasteiger partial charge in [-0.05, 0) is 0 Å².